The summed E-state index contributed by atoms with van der Waals surface area (Å²) in [5.41, 5.74) is 1.68. The number of benzene rings is 2. The van der Waals surface area contributed by atoms with Crippen LogP contribution in [0.5, 0.6) is 11.5 Å². The summed E-state index contributed by atoms with van der Waals surface area (Å²) in [7, 11) is 1.31. The average molecular weight is 408 g/mol. The molecule has 3 rings (SSSR count). The number of esters is 1. The summed E-state index contributed by atoms with van der Waals surface area (Å²) < 4.78 is 15.7. The fourth-order valence-corrected chi connectivity index (χ4v) is 2.66. The van der Waals surface area contributed by atoms with Crippen molar-refractivity contribution in [2.75, 3.05) is 31.0 Å². The summed E-state index contributed by atoms with van der Waals surface area (Å²) in [5.74, 6) is 1.70. The molecule has 8 heteroatoms. The van der Waals surface area contributed by atoms with Crippen LogP contribution in [0.15, 0.2) is 54.6 Å². The average Bonchev–Trinajstić information content (AvgIpc) is 2.76. The number of anilines is 4. The van der Waals surface area contributed by atoms with Crippen LogP contribution in [0.4, 0.5) is 23.1 Å². The van der Waals surface area contributed by atoms with E-state index in [1.54, 1.807) is 0 Å². The van der Waals surface area contributed by atoms with Gasteiger partial charge >= 0.3 is 5.97 Å². The number of ether oxygens (including phenoxy) is 3. The van der Waals surface area contributed by atoms with Gasteiger partial charge in [0.15, 0.2) is 5.69 Å². The molecule has 3 aromatic rings. The van der Waals surface area contributed by atoms with Gasteiger partial charge in [-0.15, -0.1) is 0 Å². The number of nitrogens with zero attached hydrogens (tertiary/aromatic N) is 2. The van der Waals surface area contributed by atoms with Crippen molar-refractivity contribution in [2.45, 2.75) is 13.8 Å². The smallest absolute Gasteiger partial charge is 0.356 e. The summed E-state index contributed by atoms with van der Waals surface area (Å²) >= 11 is 0. The largest absolute Gasteiger partial charge is 0.494 e. The molecule has 30 heavy (non-hydrogen) atoms. The molecular weight excluding hydrogens is 384 g/mol. The highest BCUT2D eigenvalue weighted by Crippen LogP contribution is 2.23. The second kappa shape index (κ2) is 10.1. The molecule has 0 radical (unpaired) electrons. The van der Waals surface area contributed by atoms with Gasteiger partial charge in [-0.05, 0) is 62.4 Å². The number of nitrogens with one attached hydrogen (secondary N) is 2. The lowest BCUT2D eigenvalue weighted by atomic mass is 10.3. The summed E-state index contributed by atoms with van der Waals surface area (Å²) in [5, 5.41) is 6.27. The van der Waals surface area contributed by atoms with E-state index >= 15 is 0 Å². The van der Waals surface area contributed by atoms with Crippen LogP contribution in [-0.4, -0.2) is 36.3 Å². The van der Waals surface area contributed by atoms with Gasteiger partial charge in [0.05, 0.1) is 20.3 Å². The van der Waals surface area contributed by atoms with Gasteiger partial charge in [-0.25, -0.2) is 9.78 Å². The first-order chi connectivity index (χ1) is 14.6. The van der Waals surface area contributed by atoms with E-state index in [2.05, 4.69) is 20.6 Å². The van der Waals surface area contributed by atoms with Crippen LogP contribution in [0, 0.1) is 0 Å². The van der Waals surface area contributed by atoms with Gasteiger partial charge in [0.25, 0.3) is 0 Å². The second-order valence-electron chi connectivity index (χ2n) is 6.12. The Morgan fingerprint density at radius 1 is 0.833 bits per heavy atom. The third kappa shape index (κ3) is 5.60. The van der Waals surface area contributed by atoms with Crippen molar-refractivity contribution in [3.63, 3.8) is 0 Å². The highest BCUT2D eigenvalue weighted by molar-refractivity contribution is 5.88. The fourth-order valence-electron chi connectivity index (χ4n) is 2.66. The minimum atomic E-state index is -0.554. The Hall–Kier alpha value is -3.81. The Kier molecular flexibility index (Phi) is 7.05. The summed E-state index contributed by atoms with van der Waals surface area (Å²) in [6.45, 7) is 5.05. The molecule has 0 aliphatic heterocycles. The zero-order chi connectivity index (χ0) is 21.3. The first kappa shape index (κ1) is 20.9. The maximum atomic E-state index is 12.1. The van der Waals surface area contributed by atoms with Crippen molar-refractivity contribution in [3.05, 3.63) is 60.3 Å². The fraction of sp³-hybridized carbons (Fsp3) is 0.227. The number of hydrogen-bond acceptors (Lipinski definition) is 8. The van der Waals surface area contributed by atoms with Gasteiger partial charge in [0.1, 0.15) is 17.3 Å². The highest BCUT2D eigenvalue weighted by Gasteiger charge is 2.13. The van der Waals surface area contributed by atoms with E-state index in [-0.39, 0.29) is 11.6 Å². The summed E-state index contributed by atoms with van der Waals surface area (Å²) in [4.78, 5) is 20.8. The molecule has 0 fully saturated rings. The number of rotatable bonds is 9. The lowest BCUT2D eigenvalue weighted by Gasteiger charge is -2.12. The van der Waals surface area contributed by atoms with Crippen molar-refractivity contribution >= 4 is 29.1 Å². The predicted octanol–water partition coefficient (Wildman–Crippen LogP) is 4.55. The zero-order valence-electron chi connectivity index (χ0n) is 17.1. The quantitative estimate of drug-likeness (QED) is 0.498. The third-order valence-electron chi connectivity index (χ3n) is 3.98. The maximum Gasteiger partial charge on any atom is 0.356 e. The molecule has 0 aliphatic carbocycles. The number of carbonyl (C=O) groups excluding carboxylic acids is 1. The lowest BCUT2D eigenvalue weighted by molar-refractivity contribution is 0.0594. The molecule has 0 bridgehead atoms. The van der Waals surface area contributed by atoms with E-state index in [0.717, 1.165) is 22.9 Å². The minimum Gasteiger partial charge on any atom is -0.494 e. The van der Waals surface area contributed by atoms with Crippen molar-refractivity contribution in [3.8, 4) is 11.5 Å². The number of methoxy groups -OCH3 is 1. The standard InChI is InChI=1S/C22H24N4O4/c1-4-29-17-10-6-15(7-11-17)23-20-14-19(21(27)28-3)25-22(26-20)24-16-8-12-18(13-9-16)30-5-2/h6-14H,4-5H2,1-3H3,(H2,23,24,25,26). The van der Waals surface area contributed by atoms with Crippen LogP contribution in [-0.2, 0) is 4.74 Å². The summed E-state index contributed by atoms with van der Waals surface area (Å²) in [6, 6.07) is 16.4. The molecule has 0 spiro atoms. The highest BCUT2D eigenvalue weighted by atomic mass is 16.5. The number of hydrogen-bond donors (Lipinski definition) is 2. The molecule has 1 aromatic heterocycles. The van der Waals surface area contributed by atoms with Gasteiger partial charge in [-0.2, -0.15) is 4.98 Å². The molecule has 2 aromatic carbocycles. The van der Waals surface area contributed by atoms with Crippen molar-refractivity contribution < 1.29 is 19.0 Å². The normalized spacial score (nSPS) is 10.2. The number of carbonyl (C=O) groups is 1. The molecular formula is C22H24N4O4. The van der Waals surface area contributed by atoms with Crippen molar-refractivity contribution in [2.24, 2.45) is 0 Å². The van der Waals surface area contributed by atoms with E-state index in [1.165, 1.54) is 13.2 Å². The molecule has 2 N–H and O–H groups in total. The first-order valence-electron chi connectivity index (χ1n) is 9.58. The Labute approximate surface area is 175 Å². The number of aromatic nitrogens is 2. The predicted molar refractivity (Wildman–Crippen MR) is 115 cm³/mol. The third-order valence-corrected chi connectivity index (χ3v) is 3.98. The minimum absolute atomic E-state index is 0.134. The van der Waals surface area contributed by atoms with Gasteiger partial charge in [0.2, 0.25) is 5.95 Å². The molecule has 156 valence electrons. The van der Waals surface area contributed by atoms with Crippen LogP contribution in [0.25, 0.3) is 0 Å². The molecule has 0 saturated heterocycles. The van der Waals surface area contributed by atoms with E-state index in [9.17, 15) is 4.79 Å². The zero-order valence-corrected chi connectivity index (χ0v) is 17.1. The first-order valence-corrected chi connectivity index (χ1v) is 9.58. The molecule has 1 heterocycles. The van der Waals surface area contributed by atoms with E-state index < -0.39 is 5.97 Å². The maximum absolute atomic E-state index is 12.1. The van der Waals surface area contributed by atoms with E-state index in [4.69, 9.17) is 14.2 Å². The van der Waals surface area contributed by atoms with Crippen LogP contribution in [0.3, 0.4) is 0 Å². The van der Waals surface area contributed by atoms with Crippen LogP contribution in [0.1, 0.15) is 24.3 Å². The lowest BCUT2D eigenvalue weighted by Crippen LogP contribution is -2.09. The Bertz CT molecular complexity index is 906. The van der Waals surface area contributed by atoms with Gasteiger partial charge < -0.3 is 24.8 Å². The van der Waals surface area contributed by atoms with Gasteiger partial charge in [0, 0.05) is 17.4 Å². The van der Waals surface area contributed by atoms with Crippen LogP contribution < -0.4 is 20.1 Å². The molecule has 0 saturated carbocycles. The van der Waals surface area contributed by atoms with Crippen LogP contribution in [0.2, 0.25) is 0 Å². The molecule has 0 unspecified atom stereocenters. The molecule has 0 aliphatic rings. The summed E-state index contributed by atoms with van der Waals surface area (Å²) in [6.07, 6.45) is 0. The Balaban J connectivity index is 1.83. The van der Waals surface area contributed by atoms with Crippen molar-refractivity contribution in [1.29, 1.82) is 0 Å². The van der Waals surface area contributed by atoms with Gasteiger partial charge in [-0.1, -0.05) is 0 Å². The monoisotopic (exact) mass is 408 g/mol. The topological polar surface area (TPSA) is 94.6 Å². The molecule has 0 atom stereocenters. The Morgan fingerprint density at radius 2 is 1.37 bits per heavy atom. The van der Waals surface area contributed by atoms with Crippen LogP contribution >= 0.6 is 0 Å². The van der Waals surface area contributed by atoms with E-state index in [1.807, 2.05) is 62.4 Å². The SMILES string of the molecule is CCOc1ccc(Nc2cc(C(=O)OC)nc(Nc3ccc(OCC)cc3)n2)cc1. The second-order valence-corrected chi connectivity index (χ2v) is 6.12. The van der Waals surface area contributed by atoms with Gasteiger partial charge in [-0.3, -0.25) is 0 Å². The van der Waals surface area contributed by atoms with E-state index in [0.29, 0.717) is 19.0 Å². The Morgan fingerprint density at radius 3 is 1.87 bits per heavy atom. The molecule has 8 nitrogen and oxygen atoms in total. The van der Waals surface area contributed by atoms with Crippen molar-refractivity contribution in [1.82, 2.24) is 9.97 Å². The molecule has 0 amide bonds.